The van der Waals surface area contributed by atoms with E-state index in [2.05, 4.69) is 5.32 Å². The second kappa shape index (κ2) is 6.67. The smallest absolute Gasteiger partial charge is 0.327 e. The van der Waals surface area contributed by atoms with Crippen LogP contribution in [0.3, 0.4) is 0 Å². The van der Waals surface area contributed by atoms with Gasteiger partial charge in [-0.15, -0.1) is 0 Å². The highest BCUT2D eigenvalue weighted by Gasteiger charge is 2.28. The molecule has 6 heteroatoms. The molecule has 2 rings (SSSR count). The molecular formula is C15H21NO5. The molecule has 1 N–H and O–H groups in total. The van der Waals surface area contributed by atoms with Crippen LogP contribution in [0.25, 0.3) is 0 Å². The molecule has 0 saturated carbocycles. The fourth-order valence-corrected chi connectivity index (χ4v) is 2.14. The van der Waals surface area contributed by atoms with Crippen LogP contribution in [0.15, 0.2) is 12.1 Å². The summed E-state index contributed by atoms with van der Waals surface area (Å²) in [4.78, 5) is 12.1. The Morgan fingerprint density at radius 1 is 1.38 bits per heavy atom. The van der Waals surface area contributed by atoms with Gasteiger partial charge in [-0.25, -0.2) is 4.79 Å². The van der Waals surface area contributed by atoms with Gasteiger partial charge in [0.25, 0.3) is 0 Å². The van der Waals surface area contributed by atoms with Gasteiger partial charge in [0.05, 0.1) is 14.2 Å². The van der Waals surface area contributed by atoms with E-state index in [0.29, 0.717) is 17.2 Å². The molecular weight excluding hydrogens is 274 g/mol. The minimum atomic E-state index is -0.576. The van der Waals surface area contributed by atoms with E-state index in [1.165, 1.54) is 7.11 Å². The molecule has 1 heterocycles. The zero-order chi connectivity index (χ0) is 15.4. The number of rotatable bonds is 6. The van der Waals surface area contributed by atoms with Crippen molar-refractivity contribution < 1.29 is 23.7 Å². The van der Waals surface area contributed by atoms with Gasteiger partial charge < -0.3 is 18.9 Å². The Hall–Kier alpha value is -1.95. The zero-order valence-electron chi connectivity index (χ0n) is 12.8. The van der Waals surface area contributed by atoms with Gasteiger partial charge in [-0.3, -0.25) is 5.32 Å². The molecule has 0 fully saturated rings. The SMILES string of the molecule is CCC(C)NC(C(=O)OC)c1cc(OC)c2c(c1)OCO2. The van der Waals surface area contributed by atoms with Crippen LogP contribution >= 0.6 is 0 Å². The number of benzene rings is 1. The van der Waals surface area contributed by atoms with Crippen molar-refractivity contribution in [2.45, 2.75) is 32.4 Å². The predicted octanol–water partition coefficient (Wildman–Crippen LogP) is 2.03. The summed E-state index contributed by atoms with van der Waals surface area (Å²) in [5, 5.41) is 3.25. The second-order valence-corrected chi connectivity index (χ2v) is 4.89. The van der Waals surface area contributed by atoms with Crippen molar-refractivity contribution in [2.75, 3.05) is 21.0 Å². The van der Waals surface area contributed by atoms with Crippen LogP contribution < -0.4 is 19.5 Å². The third-order valence-corrected chi connectivity index (χ3v) is 3.51. The molecule has 6 nitrogen and oxygen atoms in total. The normalized spacial score (nSPS) is 15.4. The van der Waals surface area contributed by atoms with Crippen LogP contribution in [0.1, 0.15) is 31.9 Å². The number of nitrogens with one attached hydrogen (secondary N) is 1. The zero-order valence-corrected chi connectivity index (χ0v) is 12.8. The lowest BCUT2D eigenvalue weighted by molar-refractivity contribution is -0.143. The lowest BCUT2D eigenvalue weighted by atomic mass is 10.0. The number of hydrogen-bond acceptors (Lipinski definition) is 6. The van der Waals surface area contributed by atoms with Gasteiger partial charge in [0.15, 0.2) is 11.5 Å². The third-order valence-electron chi connectivity index (χ3n) is 3.51. The van der Waals surface area contributed by atoms with E-state index >= 15 is 0 Å². The maximum Gasteiger partial charge on any atom is 0.327 e. The molecule has 0 bridgehead atoms. The highest BCUT2D eigenvalue weighted by atomic mass is 16.7. The molecule has 2 unspecified atom stereocenters. The topological polar surface area (TPSA) is 66.0 Å². The largest absolute Gasteiger partial charge is 0.493 e. The maximum absolute atomic E-state index is 12.1. The van der Waals surface area contributed by atoms with Crippen LogP contribution in [0.5, 0.6) is 17.2 Å². The monoisotopic (exact) mass is 295 g/mol. The number of esters is 1. The summed E-state index contributed by atoms with van der Waals surface area (Å²) < 4.78 is 21.0. The van der Waals surface area contributed by atoms with Gasteiger partial charge in [0.1, 0.15) is 6.04 Å². The van der Waals surface area contributed by atoms with Crippen molar-refractivity contribution >= 4 is 5.97 Å². The molecule has 1 aliphatic rings. The van der Waals surface area contributed by atoms with Crippen molar-refractivity contribution in [3.63, 3.8) is 0 Å². The molecule has 1 aromatic carbocycles. The first-order chi connectivity index (χ1) is 10.1. The van der Waals surface area contributed by atoms with E-state index in [1.54, 1.807) is 19.2 Å². The van der Waals surface area contributed by atoms with Crippen LogP contribution in [-0.2, 0) is 9.53 Å². The van der Waals surface area contributed by atoms with Gasteiger partial charge in [-0.2, -0.15) is 0 Å². The van der Waals surface area contributed by atoms with Crippen LogP contribution in [0.2, 0.25) is 0 Å². The fraction of sp³-hybridized carbons (Fsp3) is 0.533. The summed E-state index contributed by atoms with van der Waals surface area (Å²) >= 11 is 0. The van der Waals surface area contributed by atoms with Gasteiger partial charge in [-0.05, 0) is 31.0 Å². The van der Waals surface area contributed by atoms with E-state index in [0.717, 1.165) is 12.0 Å². The third kappa shape index (κ3) is 3.21. The van der Waals surface area contributed by atoms with Gasteiger partial charge in [0, 0.05) is 6.04 Å². The average molecular weight is 295 g/mol. The number of hydrogen-bond donors (Lipinski definition) is 1. The molecule has 0 saturated heterocycles. The lowest BCUT2D eigenvalue weighted by Gasteiger charge is -2.21. The lowest BCUT2D eigenvalue weighted by Crippen LogP contribution is -2.35. The molecule has 2 atom stereocenters. The molecule has 116 valence electrons. The second-order valence-electron chi connectivity index (χ2n) is 4.89. The number of methoxy groups -OCH3 is 2. The van der Waals surface area contributed by atoms with Crippen molar-refractivity contribution in [3.8, 4) is 17.2 Å². The molecule has 0 aliphatic carbocycles. The summed E-state index contributed by atoms with van der Waals surface area (Å²) in [7, 11) is 2.92. The number of carbonyl (C=O) groups is 1. The minimum Gasteiger partial charge on any atom is -0.493 e. The Balaban J connectivity index is 2.37. The van der Waals surface area contributed by atoms with Gasteiger partial charge >= 0.3 is 5.97 Å². The van der Waals surface area contributed by atoms with Crippen molar-refractivity contribution in [3.05, 3.63) is 17.7 Å². The molecule has 0 radical (unpaired) electrons. The van der Waals surface area contributed by atoms with Gasteiger partial charge in [-0.1, -0.05) is 6.92 Å². The Bertz CT molecular complexity index is 517. The molecule has 1 aliphatic heterocycles. The van der Waals surface area contributed by atoms with Crippen molar-refractivity contribution in [1.29, 1.82) is 0 Å². The number of ether oxygens (including phenoxy) is 4. The minimum absolute atomic E-state index is 0.150. The van der Waals surface area contributed by atoms with Crippen LogP contribution in [0.4, 0.5) is 0 Å². The first-order valence-corrected chi connectivity index (χ1v) is 6.92. The Kier molecular flexibility index (Phi) is 4.90. The van der Waals surface area contributed by atoms with Crippen molar-refractivity contribution in [1.82, 2.24) is 5.32 Å². The number of carbonyl (C=O) groups excluding carboxylic acids is 1. The summed E-state index contributed by atoms with van der Waals surface area (Å²) in [6, 6.07) is 3.14. The molecule has 1 aromatic rings. The first kappa shape index (κ1) is 15.4. The standard InChI is InChI=1S/C15H21NO5/c1-5-9(2)16-13(15(17)19-4)10-6-11(18-3)14-12(7-10)20-8-21-14/h6-7,9,13,16H,5,8H2,1-4H3. The summed E-state index contributed by atoms with van der Waals surface area (Å²) in [5.74, 6) is 1.33. The molecule has 0 amide bonds. The fourth-order valence-electron chi connectivity index (χ4n) is 2.14. The highest BCUT2D eigenvalue weighted by molar-refractivity contribution is 5.78. The first-order valence-electron chi connectivity index (χ1n) is 6.92. The predicted molar refractivity (Wildman–Crippen MR) is 76.8 cm³/mol. The van der Waals surface area contributed by atoms with Crippen LogP contribution in [-0.4, -0.2) is 33.0 Å². The number of fused-ring (bicyclic) bond motifs is 1. The van der Waals surface area contributed by atoms with Crippen LogP contribution in [0, 0.1) is 0 Å². The van der Waals surface area contributed by atoms with E-state index in [1.807, 2.05) is 13.8 Å². The average Bonchev–Trinajstić information content (AvgIpc) is 2.98. The van der Waals surface area contributed by atoms with E-state index in [9.17, 15) is 4.79 Å². The quantitative estimate of drug-likeness (QED) is 0.810. The summed E-state index contributed by atoms with van der Waals surface area (Å²) in [6.07, 6.45) is 0.898. The van der Waals surface area contributed by atoms with E-state index < -0.39 is 6.04 Å². The Morgan fingerprint density at radius 3 is 2.76 bits per heavy atom. The summed E-state index contributed by atoms with van der Waals surface area (Å²) in [6.45, 7) is 4.21. The van der Waals surface area contributed by atoms with E-state index in [-0.39, 0.29) is 18.8 Å². The Labute approximate surface area is 124 Å². The molecule has 0 aromatic heterocycles. The Morgan fingerprint density at radius 2 is 2.14 bits per heavy atom. The van der Waals surface area contributed by atoms with E-state index in [4.69, 9.17) is 18.9 Å². The molecule has 21 heavy (non-hydrogen) atoms. The highest BCUT2D eigenvalue weighted by Crippen LogP contribution is 2.43. The van der Waals surface area contributed by atoms with Gasteiger partial charge in [0.2, 0.25) is 12.5 Å². The molecule has 0 spiro atoms. The maximum atomic E-state index is 12.1. The van der Waals surface area contributed by atoms with Crippen molar-refractivity contribution in [2.24, 2.45) is 0 Å². The summed E-state index contributed by atoms with van der Waals surface area (Å²) in [5.41, 5.74) is 0.725.